The van der Waals surface area contributed by atoms with E-state index in [1.54, 1.807) is 0 Å². The van der Waals surface area contributed by atoms with E-state index >= 15 is 0 Å². The maximum atomic E-state index is 12.3. The molecule has 2 N–H and O–H groups in total. The molecule has 0 rings (SSSR count). The molecule has 0 radical (unpaired) electrons. The summed E-state index contributed by atoms with van der Waals surface area (Å²) in [5, 5.41) is 0. The van der Waals surface area contributed by atoms with E-state index in [4.69, 9.17) is 19.3 Å². The van der Waals surface area contributed by atoms with Crippen LogP contribution < -0.4 is 0 Å². The van der Waals surface area contributed by atoms with Crippen molar-refractivity contribution in [3.63, 3.8) is 0 Å². The molecule has 0 unspecified atom stereocenters. The van der Waals surface area contributed by atoms with E-state index in [0.717, 1.165) is 57.8 Å². The first kappa shape index (κ1) is 40.0. The van der Waals surface area contributed by atoms with Gasteiger partial charge >= 0.3 is 19.8 Å². The molecule has 1 atom stereocenters. The second-order valence-corrected chi connectivity index (χ2v) is 11.6. The predicted molar refractivity (Wildman–Crippen MR) is 170 cm³/mol. The van der Waals surface area contributed by atoms with E-state index in [9.17, 15) is 14.2 Å². The van der Waals surface area contributed by atoms with Gasteiger partial charge in [-0.2, -0.15) is 0 Å². The molecule has 0 aromatic carbocycles. The Balaban J connectivity index is 4.14. The lowest BCUT2D eigenvalue weighted by atomic mass is 10.1. The Morgan fingerprint density at radius 2 is 1.14 bits per heavy atom. The summed E-state index contributed by atoms with van der Waals surface area (Å²) >= 11 is 0. The molecule has 0 saturated carbocycles. The highest BCUT2D eigenvalue weighted by atomic mass is 31.2. The molecule has 42 heavy (non-hydrogen) atoms. The number of carbonyl (C=O) groups excluding carboxylic acids is 2. The van der Waals surface area contributed by atoms with Crippen molar-refractivity contribution < 1.29 is 37.9 Å². The van der Waals surface area contributed by atoms with Crippen LogP contribution in [0.1, 0.15) is 129 Å². The predicted octanol–water partition coefficient (Wildman–Crippen LogP) is 8.84. The van der Waals surface area contributed by atoms with Crippen LogP contribution in [0.25, 0.3) is 0 Å². The van der Waals surface area contributed by atoms with Crippen molar-refractivity contribution in [2.45, 2.75) is 136 Å². The van der Waals surface area contributed by atoms with Crippen LogP contribution in [0.2, 0.25) is 0 Å². The van der Waals surface area contributed by atoms with E-state index < -0.39 is 32.5 Å². The minimum absolute atomic E-state index is 0.159. The number of hydrogen-bond acceptors (Lipinski definition) is 6. The van der Waals surface area contributed by atoms with Crippen molar-refractivity contribution in [2.24, 2.45) is 0 Å². The molecular weight excluding hydrogens is 555 g/mol. The van der Waals surface area contributed by atoms with E-state index in [1.807, 2.05) is 0 Å². The molecule has 0 aliphatic heterocycles. The maximum absolute atomic E-state index is 12.3. The second-order valence-electron chi connectivity index (χ2n) is 10.4. The van der Waals surface area contributed by atoms with Gasteiger partial charge < -0.3 is 19.3 Å². The Labute approximate surface area is 254 Å². The third-order valence-corrected chi connectivity index (χ3v) is 6.85. The van der Waals surface area contributed by atoms with Gasteiger partial charge in [-0.15, -0.1) is 0 Å². The summed E-state index contributed by atoms with van der Waals surface area (Å²) in [4.78, 5) is 42.4. The molecule has 0 amide bonds. The number of phosphoric ester groups is 1. The van der Waals surface area contributed by atoms with Crippen molar-refractivity contribution in [1.82, 2.24) is 0 Å². The number of carbonyl (C=O) groups is 2. The first-order valence-electron chi connectivity index (χ1n) is 15.9. The summed E-state index contributed by atoms with van der Waals surface area (Å²) in [6.07, 6.45) is 32.7. The topological polar surface area (TPSA) is 119 Å². The van der Waals surface area contributed by atoms with Gasteiger partial charge in [0.05, 0.1) is 6.61 Å². The third-order valence-electron chi connectivity index (χ3n) is 6.36. The van der Waals surface area contributed by atoms with Crippen LogP contribution in [-0.4, -0.2) is 41.0 Å². The van der Waals surface area contributed by atoms with Crippen molar-refractivity contribution in [3.05, 3.63) is 48.6 Å². The lowest BCUT2D eigenvalue weighted by Crippen LogP contribution is -2.29. The molecule has 0 heterocycles. The number of hydrogen-bond donors (Lipinski definition) is 2. The SMILES string of the molecule is CC/C=C\C/C=C\C/C=C\C/C=C\CCCCC(=O)O[C@H](COC(=O)CCCCCCCCCCC)COP(=O)(O)O. The highest BCUT2D eigenvalue weighted by Crippen LogP contribution is 2.35. The molecule has 0 bridgehead atoms. The molecule has 0 aliphatic carbocycles. The number of esters is 2. The lowest BCUT2D eigenvalue weighted by molar-refractivity contribution is -0.161. The van der Waals surface area contributed by atoms with Gasteiger partial charge in [0.25, 0.3) is 0 Å². The zero-order valence-electron chi connectivity index (χ0n) is 26.1. The minimum atomic E-state index is -4.75. The molecule has 242 valence electrons. The minimum Gasteiger partial charge on any atom is -0.462 e. The zero-order valence-corrected chi connectivity index (χ0v) is 27.0. The Hall–Kier alpha value is -1.99. The first-order chi connectivity index (χ1) is 20.3. The van der Waals surface area contributed by atoms with E-state index in [-0.39, 0.29) is 19.4 Å². The fourth-order valence-corrected chi connectivity index (χ4v) is 4.37. The number of unbranched alkanes of at least 4 members (excludes halogenated alkanes) is 10. The molecule has 0 aromatic heterocycles. The smallest absolute Gasteiger partial charge is 0.462 e. The number of allylic oxidation sites excluding steroid dienone is 8. The van der Waals surface area contributed by atoms with Gasteiger partial charge in [-0.3, -0.25) is 14.1 Å². The maximum Gasteiger partial charge on any atom is 0.469 e. The van der Waals surface area contributed by atoms with Crippen LogP contribution in [-0.2, 0) is 28.2 Å². The number of ether oxygens (including phenoxy) is 2. The van der Waals surface area contributed by atoms with E-state index in [1.165, 1.54) is 38.5 Å². The fourth-order valence-electron chi connectivity index (χ4n) is 4.01. The molecule has 8 nitrogen and oxygen atoms in total. The standard InChI is InChI=1S/C33H57O8P/c1-3-5-7-9-11-13-14-15-16-17-18-20-22-24-26-28-33(35)41-31(30-40-42(36,37)38)29-39-32(34)27-25-23-21-19-12-10-8-6-4-2/h5,7,11,13,15-16,18,20,31H,3-4,6,8-10,12,14,17,19,21-30H2,1-2H3,(H2,36,37,38)/b7-5-,13-11-,16-15-,20-18-/t31-/m1/s1. The largest absolute Gasteiger partial charge is 0.469 e. The summed E-state index contributed by atoms with van der Waals surface area (Å²) in [7, 11) is -4.75. The second kappa shape index (κ2) is 29.1. The summed E-state index contributed by atoms with van der Waals surface area (Å²) in [5.74, 6) is -0.942. The van der Waals surface area contributed by atoms with E-state index in [0.29, 0.717) is 6.42 Å². The lowest BCUT2D eigenvalue weighted by Gasteiger charge is -2.18. The number of rotatable bonds is 28. The van der Waals surface area contributed by atoms with E-state index in [2.05, 4.69) is 67.0 Å². The van der Waals surface area contributed by atoms with Gasteiger partial charge in [-0.25, -0.2) is 4.57 Å². The Morgan fingerprint density at radius 3 is 1.71 bits per heavy atom. The van der Waals surface area contributed by atoms with Crippen LogP contribution in [0.15, 0.2) is 48.6 Å². The number of phosphoric acid groups is 1. The van der Waals surface area contributed by atoms with Gasteiger partial charge in [0.2, 0.25) is 0 Å². The monoisotopic (exact) mass is 612 g/mol. The highest BCUT2D eigenvalue weighted by molar-refractivity contribution is 7.46. The van der Waals surface area contributed by atoms with Gasteiger partial charge in [0, 0.05) is 12.8 Å². The summed E-state index contributed by atoms with van der Waals surface area (Å²) in [6.45, 7) is 3.47. The highest BCUT2D eigenvalue weighted by Gasteiger charge is 2.22. The van der Waals surface area contributed by atoms with Gasteiger partial charge in [0.15, 0.2) is 6.10 Å². The van der Waals surface area contributed by atoms with Crippen LogP contribution in [0, 0.1) is 0 Å². The average Bonchev–Trinajstić information content (AvgIpc) is 2.95. The molecule has 0 spiro atoms. The van der Waals surface area contributed by atoms with Crippen LogP contribution in [0.5, 0.6) is 0 Å². The Bertz CT molecular complexity index is 828. The van der Waals surface area contributed by atoms with Crippen molar-refractivity contribution in [1.29, 1.82) is 0 Å². The van der Waals surface area contributed by atoms with Gasteiger partial charge in [-0.1, -0.05) is 114 Å². The van der Waals surface area contributed by atoms with Crippen molar-refractivity contribution >= 4 is 19.8 Å². The zero-order chi connectivity index (χ0) is 31.2. The molecule has 0 saturated heterocycles. The quantitative estimate of drug-likeness (QED) is 0.0389. The summed E-state index contributed by atoms with van der Waals surface area (Å²) in [6, 6.07) is 0. The van der Waals surface area contributed by atoms with Gasteiger partial charge in [0.1, 0.15) is 6.61 Å². The first-order valence-corrected chi connectivity index (χ1v) is 17.5. The molecular formula is C33H57O8P. The molecule has 0 fully saturated rings. The third kappa shape index (κ3) is 31.0. The molecule has 0 aromatic rings. The van der Waals surface area contributed by atoms with Crippen LogP contribution in [0.4, 0.5) is 0 Å². The van der Waals surface area contributed by atoms with Crippen molar-refractivity contribution in [2.75, 3.05) is 13.2 Å². The molecule has 0 aliphatic rings. The van der Waals surface area contributed by atoms with Crippen LogP contribution >= 0.6 is 7.82 Å². The van der Waals surface area contributed by atoms with Crippen LogP contribution in [0.3, 0.4) is 0 Å². The average molecular weight is 613 g/mol. The Kier molecular flexibility index (Phi) is 27.7. The van der Waals surface area contributed by atoms with Gasteiger partial charge in [-0.05, 0) is 51.4 Å². The summed E-state index contributed by atoms with van der Waals surface area (Å²) < 4.78 is 26.1. The van der Waals surface area contributed by atoms with Crippen molar-refractivity contribution in [3.8, 4) is 0 Å². The Morgan fingerprint density at radius 1 is 0.643 bits per heavy atom. The normalized spacial score (nSPS) is 13.1. The fraction of sp³-hybridized carbons (Fsp3) is 0.697. The summed E-state index contributed by atoms with van der Waals surface area (Å²) in [5.41, 5.74) is 0. The molecule has 9 heteroatoms.